The summed E-state index contributed by atoms with van der Waals surface area (Å²) < 4.78 is 11.8. The normalized spacial score (nSPS) is 10.3. The molecule has 6 nitrogen and oxygen atoms in total. The molecule has 100 valence electrons. The van der Waals surface area contributed by atoms with E-state index in [1.54, 1.807) is 17.9 Å². The highest BCUT2D eigenvalue weighted by atomic mass is 35.5. The summed E-state index contributed by atoms with van der Waals surface area (Å²) in [5.74, 6) is 0.0723. The molecule has 0 aliphatic rings. The van der Waals surface area contributed by atoms with Crippen molar-refractivity contribution in [3.8, 4) is 11.5 Å². The van der Waals surface area contributed by atoms with E-state index >= 15 is 0 Å². The molecule has 0 unspecified atom stereocenters. The van der Waals surface area contributed by atoms with Crippen molar-refractivity contribution in [1.82, 2.24) is 9.78 Å². The van der Waals surface area contributed by atoms with E-state index in [0.717, 1.165) is 0 Å². The van der Waals surface area contributed by atoms with Gasteiger partial charge in [-0.1, -0.05) is 11.6 Å². The second-order valence-corrected chi connectivity index (χ2v) is 4.23. The molecule has 0 radical (unpaired) electrons. The highest BCUT2D eigenvalue weighted by molar-refractivity contribution is 6.33. The van der Waals surface area contributed by atoms with Gasteiger partial charge in [0, 0.05) is 12.7 Å². The quantitative estimate of drug-likeness (QED) is 0.689. The van der Waals surface area contributed by atoms with E-state index in [1.165, 1.54) is 25.4 Å². The van der Waals surface area contributed by atoms with E-state index in [9.17, 15) is 4.79 Å². The zero-order valence-electron chi connectivity index (χ0n) is 10.4. The summed E-state index contributed by atoms with van der Waals surface area (Å²) in [6, 6.07) is 2.95. The molecular weight excluding hydrogens is 270 g/mol. The number of ether oxygens (including phenoxy) is 2. The van der Waals surface area contributed by atoms with Gasteiger partial charge in [0.15, 0.2) is 11.5 Å². The van der Waals surface area contributed by atoms with E-state index in [2.05, 4.69) is 9.84 Å². The van der Waals surface area contributed by atoms with E-state index in [4.69, 9.17) is 22.1 Å². The van der Waals surface area contributed by atoms with Gasteiger partial charge in [0.2, 0.25) is 0 Å². The van der Waals surface area contributed by atoms with E-state index in [0.29, 0.717) is 11.4 Å². The molecule has 0 spiro atoms. The first-order valence-electron chi connectivity index (χ1n) is 5.35. The molecule has 1 heterocycles. The van der Waals surface area contributed by atoms with Gasteiger partial charge in [-0.3, -0.25) is 4.68 Å². The molecule has 2 rings (SSSR count). The Morgan fingerprint density at radius 2 is 2.21 bits per heavy atom. The molecule has 2 aromatic rings. The summed E-state index contributed by atoms with van der Waals surface area (Å²) in [5.41, 5.74) is 6.17. The number of halogens is 1. The van der Waals surface area contributed by atoms with Crippen molar-refractivity contribution in [3.05, 3.63) is 35.1 Å². The highest BCUT2D eigenvalue weighted by Gasteiger charge is 2.18. The Morgan fingerprint density at radius 3 is 2.79 bits per heavy atom. The van der Waals surface area contributed by atoms with E-state index < -0.39 is 5.97 Å². The molecule has 0 saturated heterocycles. The van der Waals surface area contributed by atoms with Crippen LogP contribution in [0.5, 0.6) is 11.5 Å². The average Bonchev–Trinajstić information content (AvgIpc) is 2.77. The third kappa shape index (κ3) is 2.79. The number of nitrogen functional groups attached to an aromatic ring is 1. The van der Waals surface area contributed by atoms with Crippen molar-refractivity contribution in [2.45, 2.75) is 0 Å². The molecule has 0 aliphatic heterocycles. The number of hydrogen-bond donors (Lipinski definition) is 1. The van der Waals surface area contributed by atoms with Crippen LogP contribution in [-0.2, 0) is 11.8 Å². The summed E-state index contributed by atoms with van der Waals surface area (Å²) in [7, 11) is 3.02. The Hall–Kier alpha value is -2.21. The first-order chi connectivity index (χ1) is 9.01. The van der Waals surface area contributed by atoms with Crippen LogP contribution in [0.1, 0.15) is 10.4 Å². The first-order valence-corrected chi connectivity index (χ1v) is 5.73. The Kier molecular flexibility index (Phi) is 3.62. The molecule has 19 heavy (non-hydrogen) atoms. The molecule has 0 bridgehead atoms. The zero-order valence-corrected chi connectivity index (χ0v) is 11.1. The van der Waals surface area contributed by atoms with Crippen molar-refractivity contribution in [2.75, 3.05) is 12.8 Å². The number of aryl methyl sites for hydroxylation is 1. The fourth-order valence-electron chi connectivity index (χ4n) is 1.55. The van der Waals surface area contributed by atoms with Crippen LogP contribution in [0.2, 0.25) is 5.02 Å². The molecule has 0 saturated carbocycles. The Balaban J connectivity index is 2.45. The highest BCUT2D eigenvalue weighted by Crippen LogP contribution is 2.35. The smallest absolute Gasteiger partial charge is 0.341 e. The minimum Gasteiger partial charge on any atom is -0.465 e. The zero-order chi connectivity index (χ0) is 14.0. The van der Waals surface area contributed by atoms with Crippen LogP contribution in [0.3, 0.4) is 0 Å². The predicted octanol–water partition coefficient (Wildman–Crippen LogP) is 2.23. The number of hydrogen-bond acceptors (Lipinski definition) is 5. The second-order valence-electron chi connectivity index (χ2n) is 3.82. The summed E-state index contributed by atoms with van der Waals surface area (Å²) >= 11 is 6.05. The SMILES string of the molecule is COC(=O)c1cc(N)cc(Cl)c1Oc1cnn(C)c1. The van der Waals surface area contributed by atoms with Gasteiger partial charge in [0.05, 0.1) is 24.5 Å². The third-order valence-electron chi connectivity index (χ3n) is 2.37. The molecule has 0 fully saturated rings. The number of esters is 1. The lowest BCUT2D eigenvalue weighted by Gasteiger charge is -2.11. The lowest BCUT2D eigenvalue weighted by Crippen LogP contribution is -2.05. The van der Waals surface area contributed by atoms with Gasteiger partial charge in [0.25, 0.3) is 0 Å². The molecule has 0 aliphatic carbocycles. The van der Waals surface area contributed by atoms with Crippen LogP contribution < -0.4 is 10.5 Å². The lowest BCUT2D eigenvalue weighted by atomic mass is 10.2. The number of methoxy groups -OCH3 is 1. The molecule has 1 aromatic carbocycles. The van der Waals surface area contributed by atoms with Gasteiger partial charge in [-0.25, -0.2) is 4.79 Å². The molecule has 0 atom stereocenters. The first kappa shape index (κ1) is 13.2. The molecule has 7 heteroatoms. The van der Waals surface area contributed by atoms with E-state index in [-0.39, 0.29) is 16.3 Å². The number of carbonyl (C=O) groups excluding carboxylic acids is 1. The van der Waals surface area contributed by atoms with Crippen molar-refractivity contribution in [3.63, 3.8) is 0 Å². The molecule has 1 aromatic heterocycles. The van der Waals surface area contributed by atoms with Crippen LogP contribution in [0, 0.1) is 0 Å². The summed E-state index contributed by atoms with van der Waals surface area (Å²) in [6.45, 7) is 0. The van der Waals surface area contributed by atoms with Crippen LogP contribution >= 0.6 is 11.6 Å². The van der Waals surface area contributed by atoms with Crippen LogP contribution in [0.25, 0.3) is 0 Å². The monoisotopic (exact) mass is 281 g/mol. The van der Waals surface area contributed by atoms with Crippen LogP contribution in [-0.4, -0.2) is 22.9 Å². The Labute approximate surface area is 114 Å². The van der Waals surface area contributed by atoms with Crippen LogP contribution in [0.15, 0.2) is 24.5 Å². The summed E-state index contributed by atoms with van der Waals surface area (Å²) in [5, 5.41) is 4.19. The fourth-order valence-corrected chi connectivity index (χ4v) is 1.82. The van der Waals surface area contributed by atoms with Gasteiger partial charge in [-0.2, -0.15) is 5.10 Å². The van der Waals surface area contributed by atoms with Gasteiger partial charge < -0.3 is 15.2 Å². The minimum atomic E-state index is -0.576. The fraction of sp³-hybridized carbons (Fsp3) is 0.167. The number of carbonyl (C=O) groups is 1. The van der Waals surface area contributed by atoms with Gasteiger partial charge >= 0.3 is 5.97 Å². The Morgan fingerprint density at radius 1 is 1.47 bits per heavy atom. The van der Waals surface area contributed by atoms with Crippen LogP contribution in [0.4, 0.5) is 5.69 Å². The number of benzene rings is 1. The molecule has 2 N–H and O–H groups in total. The van der Waals surface area contributed by atoms with Crippen molar-refractivity contribution < 1.29 is 14.3 Å². The minimum absolute atomic E-state index is 0.163. The number of aromatic nitrogens is 2. The third-order valence-corrected chi connectivity index (χ3v) is 2.65. The standard InChI is InChI=1S/C12H12ClN3O3/c1-16-6-8(5-15-16)19-11-9(12(17)18-2)3-7(14)4-10(11)13/h3-6H,14H2,1-2H3. The van der Waals surface area contributed by atoms with Gasteiger partial charge in [0.1, 0.15) is 5.56 Å². The van der Waals surface area contributed by atoms with Gasteiger partial charge in [-0.05, 0) is 12.1 Å². The molecular formula is C12H12ClN3O3. The average molecular weight is 282 g/mol. The number of nitrogens with zero attached hydrogens (tertiary/aromatic N) is 2. The van der Waals surface area contributed by atoms with Crippen molar-refractivity contribution >= 4 is 23.3 Å². The Bertz CT molecular complexity index is 625. The van der Waals surface area contributed by atoms with E-state index in [1.807, 2.05) is 0 Å². The second kappa shape index (κ2) is 5.19. The number of anilines is 1. The maximum Gasteiger partial charge on any atom is 0.341 e. The maximum absolute atomic E-state index is 11.7. The number of rotatable bonds is 3. The summed E-state index contributed by atoms with van der Waals surface area (Å²) in [6.07, 6.45) is 3.15. The molecule has 0 amide bonds. The maximum atomic E-state index is 11.7. The largest absolute Gasteiger partial charge is 0.465 e. The lowest BCUT2D eigenvalue weighted by molar-refractivity contribution is 0.0598. The van der Waals surface area contributed by atoms with Gasteiger partial charge in [-0.15, -0.1) is 0 Å². The van der Waals surface area contributed by atoms with Crippen molar-refractivity contribution in [2.24, 2.45) is 7.05 Å². The predicted molar refractivity (Wildman–Crippen MR) is 70.5 cm³/mol. The topological polar surface area (TPSA) is 79.4 Å². The number of nitrogens with two attached hydrogens (primary N) is 1. The summed E-state index contributed by atoms with van der Waals surface area (Å²) in [4.78, 5) is 11.7. The van der Waals surface area contributed by atoms with Crippen molar-refractivity contribution in [1.29, 1.82) is 0 Å².